The molecule has 8 nitrogen and oxygen atoms in total. The smallest absolute Gasteiger partial charge is 0.255 e. The summed E-state index contributed by atoms with van der Waals surface area (Å²) in [5.41, 5.74) is 6.07. The summed E-state index contributed by atoms with van der Waals surface area (Å²) in [4.78, 5) is 28.4. The standard InChI is InChI=1S/C28H29N7O/c1-20-4-9-24(17-26(20)34-28-31-12-10-25(33-28)23-3-2-11-30-18-23)32-27(36)22-7-5-21(6-8-22)19-35-15-13-29-14-16-35/h2-12,17-18,29H,13-16,19H2,1H3,(H,32,36)(H,31,33,34)/i18+2. The van der Waals surface area contributed by atoms with Crippen LogP contribution in [-0.4, -0.2) is 51.9 Å². The fourth-order valence-corrected chi connectivity index (χ4v) is 4.14. The van der Waals surface area contributed by atoms with Crippen molar-refractivity contribution in [2.24, 2.45) is 0 Å². The van der Waals surface area contributed by atoms with Crippen molar-refractivity contribution in [1.82, 2.24) is 25.2 Å². The molecule has 5 rings (SSSR count). The Bertz CT molecular complexity index is 1320. The largest absolute Gasteiger partial charge is 0.324 e. The van der Waals surface area contributed by atoms with Gasteiger partial charge in [-0.25, -0.2) is 9.97 Å². The van der Waals surface area contributed by atoms with Crippen LogP contribution >= 0.6 is 0 Å². The van der Waals surface area contributed by atoms with Crippen molar-refractivity contribution < 1.29 is 4.79 Å². The third-order valence-electron chi connectivity index (χ3n) is 6.19. The Labute approximate surface area is 210 Å². The van der Waals surface area contributed by atoms with E-state index in [1.807, 2.05) is 67.6 Å². The van der Waals surface area contributed by atoms with E-state index in [0.717, 1.165) is 55.2 Å². The van der Waals surface area contributed by atoms with Gasteiger partial charge >= 0.3 is 0 Å². The first-order valence-electron chi connectivity index (χ1n) is 12.1. The highest BCUT2D eigenvalue weighted by molar-refractivity contribution is 6.04. The maximum Gasteiger partial charge on any atom is 0.255 e. The lowest BCUT2D eigenvalue weighted by molar-refractivity contribution is 0.102. The second kappa shape index (κ2) is 11.1. The zero-order valence-electron chi connectivity index (χ0n) is 20.2. The Morgan fingerprint density at radius 2 is 1.89 bits per heavy atom. The number of aryl methyl sites for hydroxylation is 1. The first kappa shape index (κ1) is 23.6. The van der Waals surface area contributed by atoms with Crippen LogP contribution in [0.15, 0.2) is 79.3 Å². The number of benzene rings is 2. The Morgan fingerprint density at radius 3 is 2.67 bits per heavy atom. The molecule has 4 aromatic rings. The minimum Gasteiger partial charge on any atom is -0.324 e. The number of carbonyl (C=O) groups is 1. The van der Waals surface area contributed by atoms with Gasteiger partial charge in [0.2, 0.25) is 5.95 Å². The molecular weight excluding hydrogens is 452 g/mol. The van der Waals surface area contributed by atoms with E-state index < -0.39 is 0 Å². The van der Waals surface area contributed by atoms with Gasteiger partial charge in [-0.1, -0.05) is 18.2 Å². The normalized spacial score (nSPS) is 13.8. The zero-order chi connectivity index (χ0) is 24.7. The molecule has 3 N–H and O–H groups in total. The van der Waals surface area contributed by atoms with Gasteiger partial charge in [0, 0.05) is 73.8 Å². The van der Waals surface area contributed by atoms with Gasteiger partial charge in [0.05, 0.1) is 5.69 Å². The summed E-state index contributed by atoms with van der Waals surface area (Å²) < 4.78 is 0. The minimum absolute atomic E-state index is 0.145. The fraction of sp³-hybridized carbons (Fsp3) is 0.214. The van der Waals surface area contributed by atoms with Crippen molar-refractivity contribution >= 4 is 23.2 Å². The SMILES string of the molecule is Cc1ccc(NC(=O)c2ccc(CN3CCNCC3)cc2)cc1Nc1nccc(-c2cccn[14cH]2)n1. The molecule has 0 atom stereocenters. The van der Waals surface area contributed by atoms with Crippen LogP contribution in [0.5, 0.6) is 0 Å². The average Bonchev–Trinajstić information content (AvgIpc) is 2.92. The van der Waals surface area contributed by atoms with E-state index in [4.69, 9.17) is 0 Å². The van der Waals surface area contributed by atoms with Crippen molar-refractivity contribution in [1.29, 1.82) is 0 Å². The Hall–Kier alpha value is -4.14. The van der Waals surface area contributed by atoms with Gasteiger partial charge in [-0.3, -0.25) is 14.7 Å². The minimum atomic E-state index is -0.145. The second-order valence-electron chi connectivity index (χ2n) is 8.84. The van der Waals surface area contributed by atoms with Gasteiger partial charge in [0.15, 0.2) is 0 Å². The highest BCUT2D eigenvalue weighted by Gasteiger charge is 2.12. The van der Waals surface area contributed by atoms with E-state index in [-0.39, 0.29) is 5.91 Å². The monoisotopic (exact) mass is 481 g/mol. The number of hydrogen-bond donors (Lipinski definition) is 3. The van der Waals surface area contributed by atoms with E-state index in [9.17, 15) is 4.79 Å². The third-order valence-corrected chi connectivity index (χ3v) is 6.19. The number of aromatic nitrogens is 3. The van der Waals surface area contributed by atoms with Crippen LogP contribution in [0.2, 0.25) is 0 Å². The summed E-state index contributed by atoms with van der Waals surface area (Å²) in [6.45, 7) is 7.04. The predicted octanol–water partition coefficient (Wildman–Crippen LogP) is 4.25. The molecule has 0 aliphatic carbocycles. The van der Waals surface area contributed by atoms with E-state index in [1.165, 1.54) is 5.56 Å². The number of carbonyl (C=O) groups excluding carboxylic acids is 1. The van der Waals surface area contributed by atoms with Gasteiger partial charge in [0.1, 0.15) is 0 Å². The van der Waals surface area contributed by atoms with Crippen LogP contribution in [0.3, 0.4) is 0 Å². The molecule has 8 heteroatoms. The zero-order valence-corrected chi connectivity index (χ0v) is 20.2. The molecule has 3 heterocycles. The molecular formula is C28H29N7O. The molecule has 0 unspecified atom stereocenters. The highest BCUT2D eigenvalue weighted by Crippen LogP contribution is 2.24. The number of nitrogens with zero attached hydrogens (tertiary/aromatic N) is 4. The van der Waals surface area contributed by atoms with Crippen LogP contribution in [0.25, 0.3) is 11.3 Å². The number of nitrogens with one attached hydrogen (secondary N) is 3. The van der Waals surface area contributed by atoms with Crippen LogP contribution in [0, 0.1) is 6.92 Å². The van der Waals surface area contributed by atoms with Crippen LogP contribution < -0.4 is 16.0 Å². The van der Waals surface area contributed by atoms with Crippen molar-refractivity contribution in [3.8, 4) is 11.3 Å². The summed E-state index contributed by atoms with van der Waals surface area (Å²) in [5, 5.41) is 9.65. The first-order chi connectivity index (χ1) is 17.6. The maximum atomic E-state index is 12.9. The molecule has 1 fully saturated rings. The quantitative estimate of drug-likeness (QED) is 0.363. The summed E-state index contributed by atoms with van der Waals surface area (Å²) in [5.74, 6) is 0.330. The number of pyridine rings is 1. The lowest BCUT2D eigenvalue weighted by Gasteiger charge is -2.27. The summed E-state index contributed by atoms with van der Waals surface area (Å²) >= 11 is 0. The number of piperazine rings is 1. The van der Waals surface area contributed by atoms with E-state index in [2.05, 4.69) is 35.8 Å². The highest BCUT2D eigenvalue weighted by atomic mass is 16.1. The second-order valence-corrected chi connectivity index (χ2v) is 8.84. The summed E-state index contributed by atoms with van der Waals surface area (Å²) in [6, 6.07) is 19.3. The molecule has 36 heavy (non-hydrogen) atoms. The molecule has 2 aromatic heterocycles. The number of hydrogen-bond acceptors (Lipinski definition) is 7. The van der Waals surface area contributed by atoms with Crippen LogP contribution in [0.4, 0.5) is 17.3 Å². The van der Waals surface area contributed by atoms with Gasteiger partial charge in [0.25, 0.3) is 5.91 Å². The van der Waals surface area contributed by atoms with Gasteiger partial charge in [-0.2, -0.15) is 0 Å². The van der Waals surface area contributed by atoms with Crippen LogP contribution in [0.1, 0.15) is 21.5 Å². The number of rotatable bonds is 7. The maximum absolute atomic E-state index is 12.9. The molecule has 0 radical (unpaired) electrons. The fourth-order valence-electron chi connectivity index (χ4n) is 4.14. The Balaban J connectivity index is 1.25. The predicted molar refractivity (Wildman–Crippen MR) is 142 cm³/mol. The van der Waals surface area contributed by atoms with Crippen LogP contribution in [-0.2, 0) is 6.54 Å². The van der Waals surface area contributed by atoms with Gasteiger partial charge in [-0.15, -0.1) is 0 Å². The van der Waals surface area contributed by atoms with E-state index in [1.54, 1.807) is 18.6 Å². The first-order valence-corrected chi connectivity index (χ1v) is 12.1. The third kappa shape index (κ3) is 5.91. The number of anilines is 3. The molecule has 2 aromatic carbocycles. The Morgan fingerprint density at radius 1 is 1.06 bits per heavy atom. The lowest BCUT2D eigenvalue weighted by Crippen LogP contribution is -2.42. The average molecular weight is 482 g/mol. The lowest BCUT2D eigenvalue weighted by atomic mass is 10.1. The molecule has 182 valence electrons. The van der Waals surface area contributed by atoms with Gasteiger partial charge in [-0.05, 0) is 60.5 Å². The molecule has 1 amide bonds. The van der Waals surface area contributed by atoms with Crippen molar-refractivity contribution in [3.63, 3.8) is 0 Å². The van der Waals surface area contributed by atoms with Crippen molar-refractivity contribution in [2.45, 2.75) is 13.5 Å². The van der Waals surface area contributed by atoms with E-state index in [0.29, 0.717) is 17.2 Å². The molecule has 1 saturated heterocycles. The Kier molecular flexibility index (Phi) is 7.25. The number of amides is 1. The summed E-state index contributed by atoms with van der Waals surface area (Å²) in [7, 11) is 0. The van der Waals surface area contributed by atoms with Crippen molar-refractivity contribution in [3.05, 3.63) is 95.9 Å². The molecule has 0 bridgehead atoms. The topological polar surface area (TPSA) is 95.1 Å². The van der Waals surface area contributed by atoms with E-state index >= 15 is 0 Å². The van der Waals surface area contributed by atoms with Gasteiger partial charge < -0.3 is 16.0 Å². The summed E-state index contributed by atoms with van der Waals surface area (Å²) in [6.07, 6.45) is 5.21. The van der Waals surface area contributed by atoms with Crippen molar-refractivity contribution in [2.75, 3.05) is 36.8 Å². The molecule has 0 saturated carbocycles. The molecule has 0 spiro atoms. The molecule has 1 aliphatic rings. The molecule has 1 aliphatic heterocycles.